The molecule has 8 heteroatoms. The first-order valence-electron chi connectivity index (χ1n) is 8.30. The molecular formula is C17H22N4O4. The van der Waals surface area contributed by atoms with Crippen LogP contribution in [0.25, 0.3) is 5.65 Å². The number of aromatic nitrogens is 2. The number of ether oxygens (including phenoxy) is 1. The Kier molecular flexibility index (Phi) is 4.47. The van der Waals surface area contributed by atoms with Crippen molar-refractivity contribution in [2.45, 2.75) is 33.3 Å². The van der Waals surface area contributed by atoms with E-state index in [0.29, 0.717) is 18.8 Å². The summed E-state index contributed by atoms with van der Waals surface area (Å²) in [4.78, 5) is 27.4. The van der Waals surface area contributed by atoms with Gasteiger partial charge in [0, 0.05) is 25.3 Å². The molecule has 1 aliphatic rings. The van der Waals surface area contributed by atoms with Crippen LogP contribution in [-0.4, -0.2) is 33.6 Å². The lowest BCUT2D eigenvalue weighted by Crippen LogP contribution is -2.35. The highest BCUT2D eigenvalue weighted by Gasteiger charge is 2.37. The van der Waals surface area contributed by atoms with E-state index in [1.165, 1.54) is 10.6 Å². The first kappa shape index (κ1) is 17.3. The fourth-order valence-electron chi connectivity index (χ4n) is 3.40. The molecule has 0 bridgehead atoms. The molecule has 25 heavy (non-hydrogen) atoms. The summed E-state index contributed by atoms with van der Waals surface area (Å²) < 4.78 is 7.01. The van der Waals surface area contributed by atoms with E-state index in [1.54, 1.807) is 18.2 Å². The second-order valence-corrected chi connectivity index (χ2v) is 7.39. The van der Waals surface area contributed by atoms with Gasteiger partial charge in [0.15, 0.2) is 0 Å². The molecule has 2 aromatic rings. The Hall–Kier alpha value is -2.48. The van der Waals surface area contributed by atoms with Crippen molar-refractivity contribution in [2.24, 2.45) is 11.3 Å². The van der Waals surface area contributed by atoms with Crippen LogP contribution >= 0.6 is 0 Å². The second kappa shape index (κ2) is 6.44. The zero-order valence-corrected chi connectivity index (χ0v) is 14.6. The smallest absolute Gasteiger partial charge is 0.376 e. The van der Waals surface area contributed by atoms with Crippen LogP contribution in [0.1, 0.15) is 27.2 Å². The molecule has 1 aliphatic heterocycles. The lowest BCUT2D eigenvalue weighted by atomic mass is 9.81. The summed E-state index contributed by atoms with van der Waals surface area (Å²) in [6.07, 6.45) is 2.40. The minimum absolute atomic E-state index is 0.0146. The van der Waals surface area contributed by atoms with Crippen molar-refractivity contribution in [2.75, 3.05) is 18.5 Å². The van der Waals surface area contributed by atoms with Crippen LogP contribution in [-0.2, 0) is 4.74 Å². The number of rotatable bonds is 4. The lowest BCUT2D eigenvalue weighted by Gasteiger charge is -2.31. The van der Waals surface area contributed by atoms with E-state index in [1.807, 2.05) is 0 Å². The standard InChI is InChI=1S/C17H22N4O4/c1-17(2,3)14-11(7-9-25-14)10-18-15-13(21(23)24)16(22)20-8-5-4-6-12(20)19-15/h4-6,8,11,14,18H,7,9-10H2,1-3H3/t11-,14-/m1/s1. The number of nitro groups is 1. The minimum Gasteiger partial charge on any atom is -0.377 e. The van der Waals surface area contributed by atoms with Gasteiger partial charge in [0.05, 0.1) is 11.0 Å². The molecule has 8 nitrogen and oxygen atoms in total. The Morgan fingerprint density at radius 3 is 2.88 bits per heavy atom. The van der Waals surface area contributed by atoms with E-state index < -0.39 is 16.2 Å². The van der Waals surface area contributed by atoms with Gasteiger partial charge < -0.3 is 10.1 Å². The molecule has 0 aromatic carbocycles. The van der Waals surface area contributed by atoms with Gasteiger partial charge in [0.1, 0.15) is 5.65 Å². The molecule has 0 radical (unpaired) electrons. The van der Waals surface area contributed by atoms with Crippen LogP contribution in [0.15, 0.2) is 29.2 Å². The van der Waals surface area contributed by atoms with E-state index >= 15 is 0 Å². The molecule has 0 amide bonds. The van der Waals surface area contributed by atoms with E-state index in [0.717, 1.165) is 6.42 Å². The van der Waals surface area contributed by atoms with Gasteiger partial charge in [-0.15, -0.1) is 0 Å². The topological polar surface area (TPSA) is 98.8 Å². The van der Waals surface area contributed by atoms with Gasteiger partial charge >= 0.3 is 11.2 Å². The Bertz CT molecular complexity index is 856. The normalized spacial score (nSPS) is 20.8. The molecule has 1 fully saturated rings. The Morgan fingerprint density at radius 1 is 1.44 bits per heavy atom. The highest BCUT2D eigenvalue weighted by Crippen LogP contribution is 2.35. The van der Waals surface area contributed by atoms with Crippen LogP contribution in [0.2, 0.25) is 0 Å². The number of fused-ring (bicyclic) bond motifs is 1. The molecular weight excluding hydrogens is 324 g/mol. The molecule has 3 heterocycles. The summed E-state index contributed by atoms with van der Waals surface area (Å²) in [5, 5.41) is 14.4. The average molecular weight is 346 g/mol. The maximum absolute atomic E-state index is 12.4. The van der Waals surface area contributed by atoms with Crippen molar-refractivity contribution in [3.8, 4) is 0 Å². The van der Waals surface area contributed by atoms with Crippen LogP contribution < -0.4 is 10.9 Å². The number of hydrogen-bond donors (Lipinski definition) is 1. The SMILES string of the molecule is CC(C)(C)[C@@H]1OCC[C@@H]1CNc1nc2ccccn2c(=O)c1[N+](=O)[O-]. The van der Waals surface area contributed by atoms with Gasteiger partial charge in [0.25, 0.3) is 0 Å². The summed E-state index contributed by atoms with van der Waals surface area (Å²) in [5.74, 6) is 0.219. The van der Waals surface area contributed by atoms with Crippen molar-refractivity contribution in [1.29, 1.82) is 0 Å². The minimum atomic E-state index is -0.687. The first-order valence-corrected chi connectivity index (χ1v) is 8.30. The predicted molar refractivity (Wildman–Crippen MR) is 93.9 cm³/mol. The van der Waals surface area contributed by atoms with Crippen LogP contribution in [0.3, 0.4) is 0 Å². The molecule has 0 aliphatic carbocycles. The van der Waals surface area contributed by atoms with Crippen molar-refractivity contribution in [3.63, 3.8) is 0 Å². The van der Waals surface area contributed by atoms with Gasteiger partial charge in [0.2, 0.25) is 5.82 Å². The third kappa shape index (κ3) is 3.34. The Morgan fingerprint density at radius 2 is 2.20 bits per heavy atom. The first-order chi connectivity index (χ1) is 11.8. The molecule has 0 spiro atoms. The highest BCUT2D eigenvalue weighted by molar-refractivity contribution is 5.59. The van der Waals surface area contributed by atoms with Crippen molar-refractivity contribution >= 4 is 17.2 Å². The second-order valence-electron chi connectivity index (χ2n) is 7.39. The van der Waals surface area contributed by atoms with Crippen molar-refractivity contribution in [3.05, 3.63) is 44.9 Å². The summed E-state index contributed by atoms with van der Waals surface area (Å²) in [6, 6.07) is 5.02. The zero-order chi connectivity index (χ0) is 18.2. The monoisotopic (exact) mass is 346 g/mol. The molecule has 134 valence electrons. The molecule has 1 saturated heterocycles. The molecule has 3 rings (SSSR count). The van der Waals surface area contributed by atoms with E-state index in [2.05, 4.69) is 31.1 Å². The quantitative estimate of drug-likeness (QED) is 0.674. The Balaban J connectivity index is 1.92. The van der Waals surface area contributed by atoms with Crippen LogP contribution in [0, 0.1) is 21.4 Å². The number of nitrogens with one attached hydrogen (secondary N) is 1. The largest absolute Gasteiger partial charge is 0.377 e. The maximum Gasteiger partial charge on any atom is 0.376 e. The van der Waals surface area contributed by atoms with Gasteiger partial charge in [-0.05, 0) is 24.0 Å². The number of anilines is 1. The number of nitrogens with zero attached hydrogens (tertiary/aromatic N) is 3. The van der Waals surface area contributed by atoms with Gasteiger partial charge in [-0.2, -0.15) is 0 Å². The third-order valence-corrected chi connectivity index (χ3v) is 4.49. The summed E-state index contributed by atoms with van der Waals surface area (Å²) in [6.45, 7) is 7.47. The molecule has 0 saturated carbocycles. The van der Waals surface area contributed by atoms with Crippen LogP contribution in [0.5, 0.6) is 0 Å². The van der Waals surface area contributed by atoms with Gasteiger partial charge in [-0.25, -0.2) is 4.98 Å². The predicted octanol–water partition coefficient (Wildman–Crippen LogP) is 2.47. The number of pyridine rings is 1. The van der Waals surface area contributed by atoms with Crippen molar-refractivity contribution in [1.82, 2.24) is 9.38 Å². The highest BCUT2D eigenvalue weighted by atomic mass is 16.6. The zero-order valence-electron chi connectivity index (χ0n) is 14.6. The average Bonchev–Trinajstić information content (AvgIpc) is 3.01. The van der Waals surface area contributed by atoms with E-state index in [9.17, 15) is 14.9 Å². The van der Waals surface area contributed by atoms with E-state index in [-0.39, 0.29) is 23.3 Å². The maximum atomic E-state index is 12.4. The van der Waals surface area contributed by atoms with Crippen LogP contribution in [0.4, 0.5) is 11.5 Å². The summed E-state index contributed by atoms with van der Waals surface area (Å²) in [7, 11) is 0. The molecule has 0 unspecified atom stereocenters. The molecule has 2 atom stereocenters. The van der Waals surface area contributed by atoms with Gasteiger partial charge in [-0.1, -0.05) is 26.8 Å². The lowest BCUT2D eigenvalue weighted by molar-refractivity contribution is -0.385. The fourth-order valence-corrected chi connectivity index (χ4v) is 3.40. The molecule has 1 N–H and O–H groups in total. The molecule has 2 aromatic heterocycles. The summed E-state index contributed by atoms with van der Waals surface area (Å²) >= 11 is 0. The summed E-state index contributed by atoms with van der Waals surface area (Å²) in [5.41, 5.74) is -0.871. The third-order valence-electron chi connectivity index (χ3n) is 4.49. The van der Waals surface area contributed by atoms with Gasteiger partial charge in [-0.3, -0.25) is 19.3 Å². The number of hydrogen-bond acceptors (Lipinski definition) is 6. The Labute approximate surface area is 145 Å². The fraction of sp³-hybridized carbons (Fsp3) is 0.529. The van der Waals surface area contributed by atoms with Crippen molar-refractivity contribution < 1.29 is 9.66 Å². The van der Waals surface area contributed by atoms with E-state index in [4.69, 9.17) is 4.74 Å².